The summed E-state index contributed by atoms with van der Waals surface area (Å²) in [5.41, 5.74) is 1.55. The highest BCUT2D eigenvalue weighted by Gasteiger charge is 2.18. The smallest absolute Gasteiger partial charge is 0.135 e. The third-order valence-corrected chi connectivity index (χ3v) is 3.38. The van der Waals surface area contributed by atoms with Gasteiger partial charge in [-0.15, -0.1) is 0 Å². The number of hydrogen-bond acceptors (Lipinski definition) is 3. The van der Waals surface area contributed by atoms with Crippen LogP contribution in [0.3, 0.4) is 0 Å². The highest BCUT2D eigenvalue weighted by molar-refractivity contribution is 5.72. The van der Waals surface area contributed by atoms with E-state index in [1.807, 2.05) is 6.07 Å². The number of rotatable bonds is 4. The Morgan fingerprint density at radius 3 is 2.50 bits per heavy atom. The zero-order valence-electron chi connectivity index (χ0n) is 11.8. The van der Waals surface area contributed by atoms with E-state index < -0.39 is 17.7 Å². The van der Waals surface area contributed by atoms with Crippen LogP contribution in [0.4, 0.5) is 14.6 Å². The van der Waals surface area contributed by atoms with E-state index in [1.165, 1.54) is 18.2 Å². The summed E-state index contributed by atoms with van der Waals surface area (Å²) < 4.78 is 27.7. The lowest BCUT2D eigenvalue weighted by molar-refractivity contribution is 0.544. The molecule has 0 spiro atoms. The maximum atomic E-state index is 13.9. The molecule has 3 rings (SSSR count). The monoisotopic (exact) mass is 300 g/mol. The summed E-state index contributed by atoms with van der Waals surface area (Å²) in [6.45, 7) is 1.69. The molecule has 22 heavy (non-hydrogen) atoms. The van der Waals surface area contributed by atoms with Crippen molar-refractivity contribution in [3.05, 3.63) is 66.0 Å². The van der Waals surface area contributed by atoms with Crippen molar-refractivity contribution in [2.75, 3.05) is 5.32 Å². The molecule has 0 amide bonds. The Morgan fingerprint density at radius 2 is 1.82 bits per heavy atom. The number of halogens is 2. The molecule has 0 saturated carbocycles. The SMILES string of the molecule is CC(Nc1ncccc1-c1ccn[nH]1)c1c(F)cccc1F. The van der Waals surface area contributed by atoms with E-state index >= 15 is 0 Å². The number of nitrogens with zero attached hydrogens (tertiary/aromatic N) is 2. The largest absolute Gasteiger partial charge is 0.363 e. The minimum Gasteiger partial charge on any atom is -0.363 e. The second-order valence-corrected chi connectivity index (χ2v) is 4.87. The van der Waals surface area contributed by atoms with Gasteiger partial charge < -0.3 is 5.32 Å². The molecule has 0 bridgehead atoms. The van der Waals surface area contributed by atoms with E-state index in [9.17, 15) is 8.78 Å². The first kappa shape index (κ1) is 14.2. The summed E-state index contributed by atoms with van der Waals surface area (Å²) in [5, 5.41) is 9.81. The minimum atomic E-state index is -0.584. The normalized spacial score (nSPS) is 12.1. The van der Waals surface area contributed by atoms with Crippen molar-refractivity contribution in [2.24, 2.45) is 0 Å². The van der Waals surface area contributed by atoms with Crippen molar-refractivity contribution in [1.82, 2.24) is 15.2 Å². The standard InChI is InChI=1S/C16H14F2N4/c1-10(15-12(17)5-2-6-13(15)18)21-16-11(4-3-8-19-16)14-7-9-20-22-14/h2-10H,1H3,(H,19,21)(H,20,22). The van der Waals surface area contributed by atoms with Crippen molar-refractivity contribution in [3.63, 3.8) is 0 Å². The number of anilines is 1. The van der Waals surface area contributed by atoms with Crippen LogP contribution in [-0.4, -0.2) is 15.2 Å². The van der Waals surface area contributed by atoms with Crippen molar-refractivity contribution in [1.29, 1.82) is 0 Å². The molecule has 1 aromatic carbocycles. The average molecular weight is 300 g/mol. The predicted octanol–water partition coefficient (Wildman–Crippen LogP) is 3.92. The van der Waals surface area contributed by atoms with Crippen LogP contribution in [0.2, 0.25) is 0 Å². The van der Waals surface area contributed by atoms with Crippen LogP contribution in [0.25, 0.3) is 11.3 Å². The highest BCUT2D eigenvalue weighted by Crippen LogP contribution is 2.29. The van der Waals surface area contributed by atoms with E-state index in [1.54, 1.807) is 31.5 Å². The maximum Gasteiger partial charge on any atom is 0.135 e. The molecule has 2 heterocycles. The third-order valence-electron chi connectivity index (χ3n) is 3.38. The Kier molecular flexibility index (Phi) is 3.82. The van der Waals surface area contributed by atoms with Gasteiger partial charge in [-0.25, -0.2) is 13.8 Å². The maximum absolute atomic E-state index is 13.9. The first-order valence-corrected chi connectivity index (χ1v) is 6.82. The molecule has 2 N–H and O–H groups in total. The van der Waals surface area contributed by atoms with Gasteiger partial charge in [0.05, 0.1) is 11.7 Å². The summed E-state index contributed by atoms with van der Waals surface area (Å²) in [6, 6.07) is 8.70. The number of H-pyrrole nitrogens is 1. The van der Waals surface area contributed by atoms with Crippen LogP contribution in [-0.2, 0) is 0 Å². The van der Waals surface area contributed by atoms with Gasteiger partial charge in [0.25, 0.3) is 0 Å². The molecule has 4 nitrogen and oxygen atoms in total. The molecule has 0 radical (unpaired) electrons. The number of aromatic amines is 1. The molecular weight excluding hydrogens is 286 g/mol. The van der Waals surface area contributed by atoms with Gasteiger partial charge in [-0.05, 0) is 37.3 Å². The van der Waals surface area contributed by atoms with Crippen LogP contribution < -0.4 is 5.32 Å². The highest BCUT2D eigenvalue weighted by atomic mass is 19.1. The van der Waals surface area contributed by atoms with Crippen LogP contribution in [0.5, 0.6) is 0 Å². The van der Waals surface area contributed by atoms with Gasteiger partial charge >= 0.3 is 0 Å². The van der Waals surface area contributed by atoms with Crippen LogP contribution in [0.1, 0.15) is 18.5 Å². The summed E-state index contributed by atoms with van der Waals surface area (Å²) in [6.07, 6.45) is 3.25. The predicted molar refractivity (Wildman–Crippen MR) is 80.2 cm³/mol. The summed E-state index contributed by atoms with van der Waals surface area (Å²) in [4.78, 5) is 4.26. The van der Waals surface area contributed by atoms with Gasteiger partial charge in [-0.1, -0.05) is 6.07 Å². The molecule has 1 unspecified atom stereocenters. The van der Waals surface area contributed by atoms with E-state index in [0.29, 0.717) is 5.82 Å². The lowest BCUT2D eigenvalue weighted by Gasteiger charge is -2.18. The number of benzene rings is 1. The quantitative estimate of drug-likeness (QED) is 0.767. The fourth-order valence-electron chi connectivity index (χ4n) is 2.35. The van der Waals surface area contributed by atoms with Gasteiger partial charge in [0.1, 0.15) is 17.5 Å². The van der Waals surface area contributed by atoms with Crippen molar-refractivity contribution < 1.29 is 8.78 Å². The minimum absolute atomic E-state index is 0.0105. The molecule has 112 valence electrons. The van der Waals surface area contributed by atoms with Gasteiger partial charge in [-0.3, -0.25) is 5.10 Å². The van der Waals surface area contributed by atoms with E-state index in [-0.39, 0.29) is 5.56 Å². The zero-order valence-corrected chi connectivity index (χ0v) is 11.8. The molecule has 0 saturated heterocycles. The van der Waals surface area contributed by atoms with Gasteiger partial charge in [0.15, 0.2) is 0 Å². The van der Waals surface area contributed by atoms with Crippen molar-refractivity contribution in [2.45, 2.75) is 13.0 Å². The Hall–Kier alpha value is -2.76. The van der Waals surface area contributed by atoms with Crippen LogP contribution in [0.15, 0.2) is 48.8 Å². The zero-order chi connectivity index (χ0) is 15.5. The first-order chi connectivity index (χ1) is 10.7. The fourth-order valence-corrected chi connectivity index (χ4v) is 2.35. The average Bonchev–Trinajstić information content (AvgIpc) is 3.01. The Balaban J connectivity index is 1.94. The summed E-state index contributed by atoms with van der Waals surface area (Å²) in [5.74, 6) is -0.639. The second kappa shape index (κ2) is 5.93. The molecule has 2 aromatic heterocycles. The number of pyridine rings is 1. The van der Waals surface area contributed by atoms with Gasteiger partial charge in [-0.2, -0.15) is 5.10 Å². The fraction of sp³-hybridized carbons (Fsp3) is 0.125. The van der Waals surface area contributed by atoms with E-state index in [0.717, 1.165) is 11.3 Å². The molecule has 0 aliphatic carbocycles. The lowest BCUT2D eigenvalue weighted by Crippen LogP contribution is -2.12. The molecular formula is C16H14F2N4. The summed E-state index contributed by atoms with van der Waals surface area (Å²) in [7, 11) is 0. The number of nitrogens with one attached hydrogen (secondary N) is 2. The molecule has 0 fully saturated rings. The molecule has 0 aliphatic heterocycles. The van der Waals surface area contributed by atoms with Crippen molar-refractivity contribution >= 4 is 5.82 Å². The van der Waals surface area contributed by atoms with Gasteiger partial charge in [0, 0.05) is 23.5 Å². The molecule has 1 atom stereocenters. The number of hydrogen-bond donors (Lipinski definition) is 2. The Morgan fingerprint density at radius 1 is 1.05 bits per heavy atom. The van der Waals surface area contributed by atoms with E-state index in [4.69, 9.17) is 0 Å². The first-order valence-electron chi connectivity index (χ1n) is 6.82. The molecule has 3 aromatic rings. The third kappa shape index (κ3) is 2.67. The second-order valence-electron chi connectivity index (χ2n) is 4.87. The van der Waals surface area contributed by atoms with Crippen LogP contribution in [0, 0.1) is 11.6 Å². The number of aromatic nitrogens is 3. The molecule has 6 heteroatoms. The summed E-state index contributed by atoms with van der Waals surface area (Å²) >= 11 is 0. The topological polar surface area (TPSA) is 53.6 Å². The van der Waals surface area contributed by atoms with Crippen molar-refractivity contribution in [3.8, 4) is 11.3 Å². The molecule has 0 aliphatic rings. The van der Waals surface area contributed by atoms with Crippen LogP contribution >= 0.6 is 0 Å². The Bertz CT molecular complexity index is 751. The van der Waals surface area contributed by atoms with E-state index in [2.05, 4.69) is 20.5 Å². The van der Waals surface area contributed by atoms with Gasteiger partial charge in [0.2, 0.25) is 0 Å². The lowest BCUT2D eigenvalue weighted by atomic mass is 10.1. The Labute approximate surface area is 126 Å².